The molecular formula is C15H22N2. The monoisotopic (exact) mass is 230 g/mol. The maximum Gasteiger partial charge on any atom is 0.0233 e. The Bertz CT molecular complexity index is 354. The molecule has 2 heterocycles. The van der Waals surface area contributed by atoms with Crippen LogP contribution < -0.4 is 5.32 Å². The first-order chi connectivity index (χ1) is 8.36. The normalized spacial score (nSPS) is 29.9. The van der Waals surface area contributed by atoms with Crippen LogP contribution >= 0.6 is 0 Å². The second-order valence-electron chi connectivity index (χ2n) is 5.73. The van der Waals surface area contributed by atoms with Crippen LogP contribution in [0.1, 0.15) is 24.8 Å². The van der Waals surface area contributed by atoms with Crippen LogP contribution in [0, 0.1) is 5.41 Å². The molecule has 2 aliphatic rings. The molecule has 2 fully saturated rings. The van der Waals surface area contributed by atoms with E-state index in [0.29, 0.717) is 5.41 Å². The van der Waals surface area contributed by atoms with Gasteiger partial charge in [-0.25, -0.2) is 0 Å². The summed E-state index contributed by atoms with van der Waals surface area (Å²) in [6, 6.07) is 10.9. The third kappa shape index (κ3) is 2.53. The topological polar surface area (TPSA) is 15.3 Å². The van der Waals surface area contributed by atoms with Gasteiger partial charge in [-0.3, -0.25) is 4.90 Å². The van der Waals surface area contributed by atoms with E-state index in [-0.39, 0.29) is 0 Å². The largest absolute Gasteiger partial charge is 0.316 e. The molecule has 17 heavy (non-hydrogen) atoms. The van der Waals surface area contributed by atoms with Crippen molar-refractivity contribution in [2.75, 3.05) is 26.2 Å². The number of rotatable bonds is 2. The molecule has 1 aromatic carbocycles. The summed E-state index contributed by atoms with van der Waals surface area (Å²) >= 11 is 0. The molecule has 1 aromatic rings. The van der Waals surface area contributed by atoms with Crippen molar-refractivity contribution in [2.24, 2.45) is 5.41 Å². The summed E-state index contributed by atoms with van der Waals surface area (Å²) < 4.78 is 0. The van der Waals surface area contributed by atoms with Crippen LogP contribution in [0.5, 0.6) is 0 Å². The van der Waals surface area contributed by atoms with Crippen molar-refractivity contribution in [2.45, 2.75) is 25.8 Å². The summed E-state index contributed by atoms with van der Waals surface area (Å²) in [7, 11) is 0. The molecule has 1 spiro atoms. The van der Waals surface area contributed by atoms with Crippen LogP contribution in [0.3, 0.4) is 0 Å². The molecule has 0 bridgehead atoms. The van der Waals surface area contributed by atoms with Crippen molar-refractivity contribution < 1.29 is 0 Å². The number of nitrogens with zero attached hydrogens (tertiary/aromatic N) is 1. The van der Waals surface area contributed by atoms with E-state index in [2.05, 4.69) is 40.5 Å². The van der Waals surface area contributed by atoms with Crippen LogP contribution in [0.15, 0.2) is 30.3 Å². The zero-order valence-electron chi connectivity index (χ0n) is 10.5. The Labute approximate surface area is 104 Å². The van der Waals surface area contributed by atoms with E-state index >= 15 is 0 Å². The third-order valence-electron chi connectivity index (χ3n) is 4.32. The molecule has 1 atom stereocenters. The minimum Gasteiger partial charge on any atom is -0.316 e. The highest BCUT2D eigenvalue weighted by atomic mass is 15.1. The smallest absolute Gasteiger partial charge is 0.0233 e. The molecular weight excluding hydrogens is 208 g/mol. The SMILES string of the molecule is c1ccc(CN2CCCC3(CCNC3)C2)cc1. The number of nitrogens with one attached hydrogen (secondary N) is 1. The fourth-order valence-electron chi connectivity index (χ4n) is 3.43. The predicted octanol–water partition coefficient (Wildman–Crippen LogP) is 2.26. The standard InChI is InChI=1S/C15H22N2/c1-2-5-14(6-3-1)11-17-10-4-7-15(13-17)8-9-16-12-15/h1-3,5-6,16H,4,7-13H2. The Balaban J connectivity index is 1.64. The Hall–Kier alpha value is -0.860. The predicted molar refractivity (Wildman–Crippen MR) is 70.9 cm³/mol. The van der Waals surface area contributed by atoms with Crippen molar-refractivity contribution in [3.63, 3.8) is 0 Å². The Kier molecular flexibility index (Phi) is 3.17. The highest BCUT2D eigenvalue weighted by molar-refractivity contribution is 5.14. The van der Waals surface area contributed by atoms with Crippen LogP contribution in [0.4, 0.5) is 0 Å². The van der Waals surface area contributed by atoms with Crippen molar-refractivity contribution in [3.05, 3.63) is 35.9 Å². The van der Waals surface area contributed by atoms with Gasteiger partial charge in [-0.05, 0) is 43.3 Å². The molecule has 1 unspecified atom stereocenters. The average Bonchev–Trinajstić information content (AvgIpc) is 2.79. The zero-order chi connectivity index (χ0) is 11.6. The van der Waals surface area contributed by atoms with Crippen LogP contribution in [-0.4, -0.2) is 31.1 Å². The fraction of sp³-hybridized carbons (Fsp3) is 0.600. The molecule has 0 saturated carbocycles. The van der Waals surface area contributed by atoms with E-state index in [1.807, 2.05) is 0 Å². The number of hydrogen-bond acceptors (Lipinski definition) is 2. The van der Waals surface area contributed by atoms with Crippen LogP contribution in [-0.2, 0) is 6.54 Å². The van der Waals surface area contributed by atoms with E-state index in [1.54, 1.807) is 0 Å². The first-order valence-corrected chi connectivity index (χ1v) is 6.83. The minimum atomic E-state index is 0.590. The van der Waals surface area contributed by atoms with Crippen molar-refractivity contribution in [3.8, 4) is 0 Å². The van der Waals surface area contributed by atoms with Gasteiger partial charge >= 0.3 is 0 Å². The van der Waals surface area contributed by atoms with E-state index < -0.39 is 0 Å². The van der Waals surface area contributed by atoms with Gasteiger partial charge in [0.25, 0.3) is 0 Å². The summed E-state index contributed by atoms with van der Waals surface area (Å²) in [5.74, 6) is 0. The first-order valence-electron chi connectivity index (χ1n) is 6.83. The van der Waals surface area contributed by atoms with E-state index in [4.69, 9.17) is 0 Å². The van der Waals surface area contributed by atoms with Gasteiger partial charge < -0.3 is 5.32 Å². The molecule has 2 heteroatoms. The Morgan fingerprint density at radius 1 is 1.18 bits per heavy atom. The third-order valence-corrected chi connectivity index (χ3v) is 4.32. The molecule has 2 saturated heterocycles. The molecule has 2 aliphatic heterocycles. The lowest BCUT2D eigenvalue weighted by molar-refractivity contribution is 0.0978. The minimum absolute atomic E-state index is 0.590. The van der Waals surface area contributed by atoms with E-state index in [0.717, 1.165) is 6.54 Å². The molecule has 3 rings (SSSR count). The fourth-order valence-corrected chi connectivity index (χ4v) is 3.43. The van der Waals surface area contributed by atoms with Crippen LogP contribution in [0.25, 0.3) is 0 Å². The van der Waals surface area contributed by atoms with Crippen molar-refractivity contribution >= 4 is 0 Å². The zero-order valence-corrected chi connectivity index (χ0v) is 10.5. The van der Waals surface area contributed by atoms with Gasteiger partial charge in [-0.1, -0.05) is 30.3 Å². The maximum absolute atomic E-state index is 3.54. The lowest BCUT2D eigenvalue weighted by Crippen LogP contribution is -2.43. The summed E-state index contributed by atoms with van der Waals surface area (Å²) in [6.07, 6.45) is 4.16. The lowest BCUT2D eigenvalue weighted by atomic mass is 9.79. The first kappa shape index (κ1) is 11.2. The summed E-state index contributed by atoms with van der Waals surface area (Å²) in [5, 5.41) is 3.54. The number of hydrogen-bond donors (Lipinski definition) is 1. The second kappa shape index (κ2) is 4.79. The molecule has 1 N–H and O–H groups in total. The average molecular weight is 230 g/mol. The van der Waals surface area contributed by atoms with Gasteiger partial charge in [-0.15, -0.1) is 0 Å². The Morgan fingerprint density at radius 3 is 2.82 bits per heavy atom. The van der Waals surface area contributed by atoms with Crippen molar-refractivity contribution in [1.29, 1.82) is 0 Å². The van der Waals surface area contributed by atoms with Gasteiger partial charge in [0.1, 0.15) is 0 Å². The highest BCUT2D eigenvalue weighted by Crippen LogP contribution is 2.35. The number of piperidine rings is 1. The van der Waals surface area contributed by atoms with Gasteiger partial charge in [0.05, 0.1) is 0 Å². The highest BCUT2D eigenvalue weighted by Gasteiger charge is 2.37. The summed E-state index contributed by atoms with van der Waals surface area (Å²) in [5.41, 5.74) is 2.04. The number of benzene rings is 1. The quantitative estimate of drug-likeness (QED) is 0.838. The van der Waals surface area contributed by atoms with Gasteiger partial charge in [0.2, 0.25) is 0 Å². The maximum atomic E-state index is 3.54. The molecule has 0 amide bonds. The summed E-state index contributed by atoms with van der Waals surface area (Å²) in [6.45, 7) is 6.14. The van der Waals surface area contributed by atoms with E-state index in [9.17, 15) is 0 Å². The van der Waals surface area contributed by atoms with Gasteiger partial charge in [0, 0.05) is 19.6 Å². The molecule has 0 aromatic heterocycles. The second-order valence-corrected chi connectivity index (χ2v) is 5.73. The van der Waals surface area contributed by atoms with Crippen LogP contribution in [0.2, 0.25) is 0 Å². The molecule has 2 nitrogen and oxygen atoms in total. The molecule has 0 radical (unpaired) electrons. The van der Waals surface area contributed by atoms with Gasteiger partial charge in [0.15, 0.2) is 0 Å². The van der Waals surface area contributed by atoms with Gasteiger partial charge in [-0.2, -0.15) is 0 Å². The molecule has 0 aliphatic carbocycles. The number of likely N-dealkylation sites (tertiary alicyclic amines) is 1. The van der Waals surface area contributed by atoms with Crippen molar-refractivity contribution in [1.82, 2.24) is 10.2 Å². The van der Waals surface area contributed by atoms with E-state index in [1.165, 1.54) is 51.0 Å². The lowest BCUT2D eigenvalue weighted by Gasteiger charge is -2.40. The Morgan fingerprint density at radius 2 is 2.06 bits per heavy atom. The summed E-state index contributed by atoms with van der Waals surface area (Å²) in [4.78, 5) is 2.64. The molecule has 92 valence electrons.